The molecule has 4 nitrogen and oxygen atoms in total. The monoisotopic (exact) mass is 271 g/mol. The normalized spacial score (nSPS) is 14.4. The molecule has 1 aromatic carbocycles. The molecule has 0 amide bonds. The molecule has 0 bridgehead atoms. The van der Waals surface area contributed by atoms with Gasteiger partial charge < -0.3 is 10.1 Å². The summed E-state index contributed by atoms with van der Waals surface area (Å²) in [7, 11) is 0. The molecular weight excluding hydrogens is 250 g/mol. The molecule has 0 aliphatic heterocycles. The van der Waals surface area contributed by atoms with Crippen molar-refractivity contribution in [3.63, 3.8) is 0 Å². The second kappa shape index (κ2) is 6.09. The van der Waals surface area contributed by atoms with E-state index in [0.29, 0.717) is 6.61 Å². The summed E-state index contributed by atoms with van der Waals surface area (Å²) in [6.45, 7) is 4.34. The van der Waals surface area contributed by atoms with Crippen LogP contribution in [0.3, 0.4) is 0 Å². The Morgan fingerprint density at radius 2 is 2.25 bits per heavy atom. The maximum Gasteiger partial charge on any atom is 0.119 e. The van der Waals surface area contributed by atoms with Crippen molar-refractivity contribution >= 4 is 0 Å². The first-order valence-electron chi connectivity index (χ1n) is 7.25. The van der Waals surface area contributed by atoms with Crippen LogP contribution in [-0.2, 0) is 13.1 Å². The van der Waals surface area contributed by atoms with Crippen molar-refractivity contribution in [2.24, 2.45) is 0 Å². The molecule has 3 rings (SSSR count). The smallest absolute Gasteiger partial charge is 0.119 e. The Balaban J connectivity index is 1.47. The highest BCUT2D eigenvalue weighted by Crippen LogP contribution is 2.20. The Morgan fingerprint density at radius 3 is 3.00 bits per heavy atom. The van der Waals surface area contributed by atoms with Crippen LogP contribution in [0.15, 0.2) is 36.5 Å². The number of aryl methyl sites for hydroxylation is 1. The Bertz CT molecular complexity index is 560. The number of hydrogen-bond acceptors (Lipinski definition) is 3. The maximum absolute atomic E-state index is 5.79. The van der Waals surface area contributed by atoms with Gasteiger partial charge in [0.2, 0.25) is 0 Å². The second-order valence-corrected chi connectivity index (χ2v) is 5.37. The summed E-state index contributed by atoms with van der Waals surface area (Å²) in [6.07, 6.45) is 4.62. The molecule has 4 heteroatoms. The molecule has 0 spiro atoms. The van der Waals surface area contributed by atoms with Crippen LogP contribution in [0.2, 0.25) is 0 Å². The molecule has 1 heterocycles. The van der Waals surface area contributed by atoms with E-state index < -0.39 is 0 Å². The molecule has 1 N–H and O–H groups in total. The molecule has 0 unspecified atom stereocenters. The minimum Gasteiger partial charge on any atom is -0.492 e. The van der Waals surface area contributed by atoms with Crippen molar-refractivity contribution < 1.29 is 4.74 Å². The summed E-state index contributed by atoms with van der Waals surface area (Å²) in [5.74, 6) is 0.934. The molecule has 20 heavy (non-hydrogen) atoms. The number of benzene rings is 1. The Labute approximate surface area is 119 Å². The van der Waals surface area contributed by atoms with Crippen molar-refractivity contribution in [3.8, 4) is 5.75 Å². The minimum absolute atomic E-state index is 0.640. The lowest BCUT2D eigenvalue weighted by Gasteiger charge is -2.09. The fourth-order valence-corrected chi connectivity index (χ4v) is 2.14. The second-order valence-electron chi connectivity index (χ2n) is 5.37. The van der Waals surface area contributed by atoms with E-state index in [1.54, 1.807) is 0 Å². The first-order valence-corrected chi connectivity index (χ1v) is 7.25. The van der Waals surface area contributed by atoms with Crippen LogP contribution >= 0.6 is 0 Å². The molecule has 2 aromatic rings. The van der Waals surface area contributed by atoms with Crippen molar-refractivity contribution in [1.29, 1.82) is 0 Å². The van der Waals surface area contributed by atoms with Crippen LogP contribution < -0.4 is 10.1 Å². The lowest BCUT2D eigenvalue weighted by Crippen LogP contribution is -2.15. The number of ether oxygens (including phenoxy) is 1. The summed E-state index contributed by atoms with van der Waals surface area (Å²) in [5, 5.41) is 7.86. The van der Waals surface area contributed by atoms with Gasteiger partial charge in [0, 0.05) is 18.8 Å². The Hall–Kier alpha value is -1.81. The summed E-state index contributed by atoms with van der Waals surface area (Å²) in [5.41, 5.74) is 2.32. The Kier molecular flexibility index (Phi) is 4.02. The van der Waals surface area contributed by atoms with E-state index in [1.807, 2.05) is 29.9 Å². The topological polar surface area (TPSA) is 39.1 Å². The van der Waals surface area contributed by atoms with E-state index in [-0.39, 0.29) is 0 Å². The quantitative estimate of drug-likeness (QED) is 0.841. The molecule has 1 aliphatic carbocycles. The molecule has 0 radical (unpaired) electrons. The summed E-state index contributed by atoms with van der Waals surface area (Å²) >= 11 is 0. The van der Waals surface area contributed by atoms with E-state index >= 15 is 0 Å². The van der Waals surface area contributed by atoms with Crippen LogP contribution in [0.5, 0.6) is 5.75 Å². The fourth-order valence-electron chi connectivity index (χ4n) is 2.14. The van der Waals surface area contributed by atoms with Crippen LogP contribution in [-0.4, -0.2) is 22.4 Å². The first kappa shape index (κ1) is 13.2. The third kappa shape index (κ3) is 3.84. The standard InChI is InChI=1S/C16H21N3O/c1-13-7-8-19(18-13)9-10-20-16-4-2-3-14(11-16)12-17-15-5-6-15/h2-4,7-8,11,15,17H,5-6,9-10,12H2,1H3. The lowest BCUT2D eigenvalue weighted by atomic mass is 10.2. The van der Waals surface area contributed by atoms with E-state index in [0.717, 1.165) is 30.6 Å². The number of nitrogens with one attached hydrogen (secondary N) is 1. The zero-order valence-electron chi connectivity index (χ0n) is 11.9. The van der Waals surface area contributed by atoms with Gasteiger partial charge in [0.05, 0.1) is 12.2 Å². The zero-order valence-corrected chi connectivity index (χ0v) is 11.9. The van der Waals surface area contributed by atoms with Gasteiger partial charge in [-0.2, -0.15) is 5.10 Å². The largest absolute Gasteiger partial charge is 0.492 e. The van der Waals surface area contributed by atoms with Gasteiger partial charge in [-0.05, 0) is 43.5 Å². The molecule has 0 atom stereocenters. The van der Waals surface area contributed by atoms with Gasteiger partial charge in [-0.1, -0.05) is 12.1 Å². The average molecular weight is 271 g/mol. The van der Waals surface area contributed by atoms with Crippen molar-refractivity contribution in [2.45, 2.75) is 38.9 Å². The van der Waals surface area contributed by atoms with E-state index in [1.165, 1.54) is 18.4 Å². The van der Waals surface area contributed by atoms with Gasteiger partial charge in [0.25, 0.3) is 0 Å². The molecule has 106 valence electrons. The van der Waals surface area contributed by atoms with E-state index in [2.05, 4.69) is 28.6 Å². The Morgan fingerprint density at radius 1 is 1.35 bits per heavy atom. The zero-order chi connectivity index (χ0) is 13.8. The first-order chi connectivity index (χ1) is 9.79. The molecule has 1 fully saturated rings. The van der Waals surface area contributed by atoms with Gasteiger partial charge in [-0.15, -0.1) is 0 Å². The summed E-state index contributed by atoms with van der Waals surface area (Å²) in [6, 6.07) is 11.1. The number of aromatic nitrogens is 2. The van der Waals surface area contributed by atoms with E-state index in [9.17, 15) is 0 Å². The van der Waals surface area contributed by atoms with Gasteiger partial charge in [0.15, 0.2) is 0 Å². The van der Waals surface area contributed by atoms with Crippen molar-refractivity contribution in [1.82, 2.24) is 15.1 Å². The SMILES string of the molecule is Cc1ccn(CCOc2cccc(CNC3CC3)c2)n1. The highest BCUT2D eigenvalue weighted by atomic mass is 16.5. The van der Waals surface area contributed by atoms with Crippen molar-refractivity contribution in [2.75, 3.05) is 6.61 Å². The van der Waals surface area contributed by atoms with E-state index in [4.69, 9.17) is 4.74 Å². The third-order valence-electron chi connectivity index (χ3n) is 3.43. The summed E-state index contributed by atoms with van der Waals surface area (Å²) in [4.78, 5) is 0. The molecule has 1 saturated carbocycles. The number of rotatable bonds is 7. The average Bonchev–Trinajstić information content (AvgIpc) is 3.19. The third-order valence-corrected chi connectivity index (χ3v) is 3.43. The number of nitrogens with zero attached hydrogens (tertiary/aromatic N) is 2. The fraction of sp³-hybridized carbons (Fsp3) is 0.438. The summed E-state index contributed by atoms with van der Waals surface area (Å²) < 4.78 is 7.70. The highest BCUT2D eigenvalue weighted by molar-refractivity contribution is 5.28. The van der Waals surface area contributed by atoms with Crippen LogP contribution in [0.25, 0.3) is 0 Å². The highest BCUT2D eigenvalue weighted by Gasteiger charge is 2.19. The lowest BCUT2D eigenvalue weighted by molar-refractivity contribution is 0.291. The molecule has 0 saturated heterocycles. The predicted molar refractivity (Wildman–Crippen MR) is 78.8 cm³/mol. The van der Waals surface area contributed by atoms with Gasteiger partial charge >= 0.3 is 0 Å². The van der Waals surface area contributed by atoms with Gasteiger partial charge in [-0.25, -0.2) is 0 Å². The molecule has 1 aliphatic rings. The molecular formula is C16H21N3O. The van der Waals surface area contributed by atoms with Crippen LogP contribution in [0.1, 0.15) is 24.1 Å². The number of hydrogen-bond donors (Lipinski definition) is 1. The minimum atomic E-state index is 0.640. The maximum atomic E-state index is 5.79. The van der Waals surface area contributed by atoms with Gasteiger partial charge in [0.1, 0.15) is 12.4 Å². The predicted octanol–water partition coefficient (Wildman–Crippen LogP) is 2.52. The van der Waals surface area contributed by atoms with Crippen molar-refractivity contribution in [3.05, 3.63) is 47.8 Å². The van der Waals surface area contributed by atoms with Crippen LogP contribution in [0, 0.1) is 6.92 Å². The molecule has 1 aromatic heterocycles. The van der Waals surface area contributed by atoms with Gasteiger partial charge in [-0.3, -0.25) is 4.68 Å². The van der Waals surface area contributed by atoms with Crippen LogP contribution in [0.4, 0.5) is 0 Å².